The maximum absolute atomic E-state index is 3.86. The Morgan fingerprint density at radius 1 is 1.25 bits per heavy atom. The van der Waals surface area contributed by atoms with Crippen LogP contribution in [0.1, 0.15) is 0 Å². The molecule has 0 aromatic carbocycles. The van der Waals surface area contributed by atoms with E-state index < -0.39 is 6.14 Å². The Labute approximate surface area is 65.5 Å². The van der Waals surface area contributed by atoms with Gasteiger partial charge in [0.25, 0.3) is 0 Å². The summed E-state index contributed by atoms with van der Waals surface area (Å²) in [7, 11) is 10.7. The molecule has 0 aliphatic rings. The Morgan fingerprint density at radius 3 is 1.62 bits per heavy atom. The summed E-state index contributed by atoms with van der Waals surface area (Å²) in [5.41, 5.74) is 0. The Morgan fingerprint density at radius 2 is 1.62 bits per heavy atom. The summed E-state index contributed by atoms with van der Waals surface area (Å²) < 4.78 is 0. The van der Waals surface area contributed by atoms with Crippen molar-refractivity contribution in [1.29, 1.82) is 0 Å². The first-order valence-electron chi connectivity index (χ1n) is 2.25. The third-order valence-corrected chi connectivity index (χ3v) is 35.4. The fraction of sp³-hybridized carbons (Fsp3) is 1.00. The summed E-state index contributed by atoms with van der Waals surface area (Å²) >= 11 is 0. The van der Waals surface area contributed by atoms with E-state index in [2.05, 4.69) is 32.6 Å². The predicted octanol–water partition coefficient (Wildman–Crippen LogP) is -1.12. The molecule has 0 bridgehead atoms. The average Bonchev–Trinajstić information content (AvgIpc) is 1.87. The summed E-state index contributed by atoms with van der Waals surface area (Å²) in [4.78, 5) is 0. The van der Waals surface area contributed by atoms with Gasteiger partial charge in [-0.1, -0.05) is 13.1 Å². The second-order valence-corrected chi connectivity index (χ2v) is 28.1. The van der Waals surface area contributed by atoms with Gasteiger partial charge in [0.15, 0.2) is 0 Å². The van der Waals surface area contributed by atoms with Crippen LogP contribution in [0.25, 0.3) is 0 Å². The molecule has 38 valence electrons. The van der Waals surface area contributed by atoms with Gasteiger partial charge in [-0.15, -0.1) is 0 Å². The molecule has 0 aliphatic heterocycles. The standard InChI is InChI=1S/C2H6Si6/c1-5-8(4,6-2)7-3/h1-2H3. The molecule has 0 nitrogen and oxygen atoms in total. The third-order valence-electron chi connectivity index (χ3n) is 0.938. The van der Waals surface area contributed by atoms with Crippen LogP contribution in [0.4, 0.5) is 0 Å². The highest BCUT2D eigenvalue weighted by Gasteiger charge is 2.19. The molecule has 0 saturated carbocycles. The van der Waals surface area contributed by atoms with E-state index in [0.717, 1.165) is 26.6 Å². The molecule has 0 unspecified atom stereocenters. The van der Waals surface area contributed by atoms with Gasteiger partial charge in [-0.25, -0.2) is 0 Å². The van der Waals surface area contributed by atoms with Crippen LogP contribution in [-0.4, -0.2) is 52.3 Å². The van der Waals surface area contributed by atoms with Crippen molar-refractivity contribution in [2.75, 3.05) is 0 Å². The van der Waals surface area contributed by atoms with Crippen LogP contribution >= 0.6 is 0 Å². The first kappa shape index (κ1) is 9.30. The Balaban J connectivity index is 3.58. The van der Waals surface area contributed by atoms with E-state index in [0.29, 0.717) is 0 Å². The zero-order valence-corrected chi connectivity index (χ0v) is 11.0. The molecule has 0 aromatic rings. The van der Waals surface area contributed by atoms with Gasteiger partial charge >= 0.3 is 0 Å². The summed E-state index contributed by atoms with van der Waals surface area (Å²) in [5.74, 6) is 0. The van der Waals surface area contributed by atoms with Crippen molar-refractivity contribution in [2.45, 2.75) is 13.1 Å². The van der Waals surface area contributed by atoms with Gasteiger partial charge in [-0.2, -0.15) is 0 Å². The van der Waals surface area contributed by atoms with Crippen LogP contribution in [0.5, 0.6) is 0 Å². The van der Waals surface area contributed by atoms with Crippen molar-refractivity contribution in [1.82, 2.24) is 0 Å². The van der Waals surface area contributed by atoms with E-state index in [1.165, 1.54) is 0 Å². The molecule has 0 aliphatic carbocycles. The van der Waals surface area contributed by atoms with Crippen LogP contribution in [-0.2, 0) is 0 Å². The number of rotatable bonds is 3. The van der Waals surface area contributed by atoms with Gasteiger partial charge in [0.05, 0.1) is 0 Å². The Bertz CT molecular complexity index is 49.3. The van der Waals surface area contributed by atoms with E-state index in [9.17, 15) is 0 Å². The highest BCUT2D eigenvalue weighted by Crippen LogP contribution is 1.86. The minimum absolute atomic E-state index is 0.869. The zero-order chi connectivity index (χ0) is 6.62. The van der Waals surface area contributed by atoms with Crippen LogP contribution in [0.2, 0.25) is 13.1 Å². The fourth-order valence-electron chi connectivity index (χ4n) is 0.250. The molecule has 6 heteroatoms. The quantitative estimate of drug-likeness (QED) is 0.505. The maximum Gasteiger partial charge on any atom is 0.0148 e. The lowest BCUT2D eigenvalue weighted by Gasteiger charge is -2.19. The van der Waals surface area contributed by atoms with E-state index in [4.69, 9.17) is 0 Å². The van der Waals surface area contributed by atoms with E-state index in [1.807, 2.05) is 0 Å². The molecule has 0 fully saturated rings. The summed E-state index contributed by atoms with van der Waals surface area (Å²) in [5, 5.41) is 0. The molecule has 0 atom stereocenters. The van der Waals surface area contributed by atoms with Crippen molar-refractivity contribution in [3.05, 3.63) is 0 Å². The monoisotopic (exact) mass is 198 g/mol. The zero-order valence-electron chi connectivity index (χ0n) is 5.00. The molecule has 0 amide bonds. The smallest absolute Gasteiger partial charge is 0.0148 e. The van der Waals surface area contributed by atoms with E-state index in [-0.39, 0.29) is 0 Å². The molecule has 0 rings (SSSR count). The SMILES string of the molecule is C[Si][Si]([Si])([Si]C)[Si][Si]. The molecule has 0 heterocycles. The molecule has 8 heavy (non-hydrogen) atoms. The summed E-state index contributed by atoms with van der Waals surface area (Å²) in [6, 6.07) is 0. The highest BCUT2D eigenvalue weighted by molar-refractivity contribution is 7.88. The first-order valence-corrected chi connectivity index (χ1v) is 14.2. The Hall–Kier alpha value is 1.30. The summed E-state index contributed by atoms with van der Waals surface area (Å²) in [6.07, 6.45) is -0.869. The van der Waals surface area contributed by atoms with Crippen LogP contribution in [0.3, 0.4) is 0 Å². The molecule has 0 saturated heterocycles. The van der Waals surface area contributed by atoms with Gasteiger partial charge in [-0.05, 0) is 0 Å². The number of hydrogen-bond acceptors (Lipinski definition) is 0. The van der Waals surface area contributed by atoms with Crippen molar-refractivity contribution < 1.29 is 0 Å². The molecule has 0 N–H and O–H groups in total. The lowest BCUT2D eigenvalue weighted by molar-refractivity contribution is 2.33. The molecular weight excluding hydrogens is 193 g/mol. The normalized spacial score (nSPS) is 12.0. The second-order valence-electron chi connectivity index (χ2n) is 1.38. The van der Waals surface area contributed by atoms with Crippen molar-refractivity contribution in [3.63, 3.8) is 0 Å². The minimum Gasteiger partial charge on any atom is -0.0761 e. The van der Waals surface area contributed by atoms with Gasteiger partial charge in [0, 0.05) is 52.3 Å². The van der Waals surface area contributed by atoms with Crippen LogP contribution < -0.4 is 0 Å². The fourth-order valence-corrected chi connectivity index (χ4v) is 13.5. The van der Waals surface area contributed by atoms with Gasteiger partial charge in [0.2, 0.25) is 0 Å². The summed E-state index contributed by atoms with van der Waals surface area (Å²) in [6.45, 7) is 4.59. The van der Waals surface area contributed by atoms with Crippen LogP contribution in [0.15, 0.2) is 0 Å². The highest BCUT2D eigenvalue weighted by atomic mass is 30.2. The van der Waals surface area contributed by atoms with Crippen LogP contribution in [0, 0.1) is 0 Å². The van der Waals surface area contributed by atoms with Gasteiger partial charge in [-0.3, -0.25) is 0 Å². The first-order chi connectivity index (χ1) is 3.68. The average molecular weight is 199 g/mol. The van der Waals surface area contributed by atoms with Gasteiger partial charge < -0.3 is 0 Å². The lowest BCUT2D eigenvalue weighted by atomic mass is 11.9. The largest absolute Gasteiger partial charge is 0.0761 e. The molecular formula is C2H6Si6. The van der Waals surface area contributed by atoms with E-state index in [1.54, 1.807) is 0 Å². The third kappa shape index (κ3) is 2.73. The molecule has 0 aromatic heterocycles. The predicted molar refractivity (Wildman–Crippen MR) is 46.3 cm³/mol. The lowest BCUT2D eigenvalue weighted by Crippen LogP contribution is -2.54. The second kappa shape index (κ2) is 4.17. The minimum atomic E-state index is -0.869. The Kier molecular flexibility index (Phi) is 4.85. The molecule has 12 radical (unpaired) electrons. The van der Waals surface area contributed by atoms with Crippen molar-refractivity contribution in [2.24, 2.45) is 0 Å². The van der Waals surface area contributed by atoms with Gasteiger partial charge in [0.1, 0.15) is 0 Å². The van der Waals surface area contributed by atoms with E-state index >= 15 is 0 Å². The topological polar surface area (TPSA) is 0 Å². The number of hydrogen-bond donors (Lipinski definition) is 0. The van der Waals surface area contributed by atoms with Crippen molar-refractivity contribution in [3.8, 4) is 0 Å². The maximum atomic E-state index is 3.86. The molecule has 0 spiro atoms. The van der Waals surface area contributed by atoms with Crippen molar-refractivity contribution >= 4 is 52.3 Å².